The van der Waals surface area contributed by atoms with Crippen LogP contribution in [0.25, 0.3) is 0 Å². The Morgan fingerprint density at radius 2 is 2.35 bits per heavy atom. The molecule has 3 nitrogen and oxygen atoms in total. The van der Waals surface area contributed by atoms with Crippen molar-refractivity contribution in [1.29, 1.82) is 0 Å². The Bertz CT molecular complexity index is 439. The smallest absolute Gasteiger partial charge is 0.133 e. The molecule has 1 aromatic carbocycles. The number of rotatable bonds is 3. The van der Waals surface area contributed by atoms with Crippen molar-refractivity contribution < 1.29 is 9.50 Å². The van der Waals surface area contributed by atoms with Crippen LogP contribution in [0.1, 0.15) is 17.5 Å². The van der Waals surface area contributed by atoms with Gasteiger partial charge in [-0.1, -0.05) is 18.3 Å². The highest BCUT2D eigenvalue weighted by Crippen LogP contribution is 2.16. The SMILES string of the molecule is NC(=S)c1cc(CN2CCC(O)C2)ccc1F. The number of β-amino-alcohol motifs (C(OH)–C–C–N with tert-alkyl or cyclic N) is 1. The van der Waals surface area contributed by atoms with Crippen LogP contribution < -0.4 is 5.73 Å². The van der Waals surface area contributed by atoms with E-state index in [9.17, 15) is 9.50 Å². The molecule has 3 N–H and O–H groups in total. The second kappa shape index (κ2) is 5.08. The quantitative estimate of drug-likeness (QED) is 0.791. The molecule has 92 valence electrons. The van der Waals surface area contributed by atoms with Crippen LogP contribution in [0, 0.1) is 5.82 Å². The average Bonchev–Trinajstić information content (AvgIpc) is 2.66. The number of thiocarbonyl (C=S) groups is 1. The fraction of sp³-hybridized carbons (Fsp3) is 0.417. The van der Waals surface area contributed by atoms with E-state index in [0.29, 0.717) is 13.1 Å². The number of aliphatic hydroxyl groups excluding tert-OH is 1. The number of aliphatic hydroxyl groups is 1. The fourth-order valence-corrected chi connectivity index (χ4v) is 2.23. The van der Waals surface area contributed by atoms with E-state index < -0.39 is 0 Å². The molecule has 0 aromatic heterocycles. The molecular weight excluding hydrogens is 239 g/mol. The van der Waals surface area contributed by atoms with Gasteiger partial charge in [-0.3, -0.25) is 4.90 Å². The Kier molecular flexibility index (Phi) is 3.71. The van der Waals surface area contributed by atoms with Crippen molar-refractivity contribution in [3.63, 3.8) is 0 Å². The first-order chi connectivity index (χ1) is 8.06. The first kappa shape index (κ1) is 12.4. The van der Waals surface area contributed by atoms with Gasteiger partial charge in [-0.15, -0.1) is 0 Å². The van der Waals surface area contributed by atoms with Crippen molar-refractivity contribution in [2.45, 2.75) is 19.1 Å². The molecular formula is C12H15FN2OS. The molecule has 0 amide bonds. The number of benzene rings is 1. The lowest BCUT2D eigenvalue weighted by atomic mass is 10.1. The summed E-state index contributed by atoms with van der Waals surface area (Å²) in [6.45, 7) is 2.22. The highest BCUT2D eigenvalue weighted by molar-refractivity contribution is 7.80. The minimum absolute atomic E-state index is 0.0748. The molecule has 2 rings (SSSR count). The van der Waals surface area contributed by atoms with Crippen LogP contribution in [0.15, 0.2) is 18.2 Å². The topological polar surface area (TPSA) is 49.5 Å². The van der Waals surface area contributed by atoms with Gasteiger partial charge in [0, 0.05) is 25.2 Å². The van der Waals surface area contributed by atoms with Gasteiger partial charge in [-0.2, -0.15) is 0 Å². The zero-order valence-corrected chi connectivity index (χ0v) is 10.2. The average molecular weight is 254 g/mol. The molecule has 17 heavy (non-hydrogen) atoms. The second-order valence-electron chi connectivity index (χ2n) is 4.36. The summed E-state index contributed by atoms with van der Waals surface area (Å²) in [6, 6.07) is 4.79. The van der Waals surface area contributed by atoms with Crippen molar-refractivity contribution >= 4 is 17.2 Å². The summed E-state index contributed by atoms with van der Waals surface area (Å²) in [6.07, 6.45) is 0.550. The van der Waals surface area contributed by atoms with E-state index in [0.717, 1.165) is 18.5 Å². The van der Waals surface area contributed by atoms with Gasteiger partial charge in [0.1, 0.15) is 10.8 Å². The molecule has 1 saturated heterocycles. The number of likely N-dealkylation sites (tertiary alicyclic amines) is 1. The second-order valence-corrected chi connectivity index (χ2v) is 4.80. The maximum atomic E-state index is 13.4. The Hall–Kier alpha value is -1.04. The van der Waals surface area contributed by atoms with Crippen molar-refractivity contribution in [2.24, 2.45) is 5.73 Å². The molecule has 1 atom stereocenters. The molecule has 5 heteroatoms. The van der Waals surface area contributed by atoms with Crippen LogP contribution in [0.5, 0.6) is 0 Å². The largest absolute Gasteiger partial charge is 0.392 e. The molecule has 0 bridgehead atoms. The summed E-state index contributed by atoms with van der Waals surface area (Å²) < 4.78 is 13.4. The molecule has 0 radical (unpaired) electrons. The van der Waals surface area contributed by atoms with E-state index in [1.54, 1.807) is 12.1 Å². The van der Waals surface area contributed by atoms with Gasteiger partial charge in [0.2, 0.25) is 0 Å². The molecule has 1 unspecified atom stereocenters. The van der Waals surface area contributed by atoms with Crippen LogP contribution in [0.4, 0.5) is 4.39 Å². The normalized spacial score (nSPS) is 20.7. The van der Waals surface area contributed by atoms with Gasteiger partial charge >= 0.3 is 0 Å². The highest BCUT2D eigenvalue weighted by Gasteiger charge is 2.20. The standard InChI is InChI=1S/C12H15FN2OS/c13-11-2-1-8(5-10(11)12(14)17)6-15-4-3-9(16)7-15/h1-2,5,9,16H,3-4,6-7H2,(H2,14,17). The molecule has 1 heterocycles. The summed E-state index contributed by atoms with van der Waals surface area (Å²) in [5, 5.41) is 9.42. The molecule has 1 aromatic rings. The predicted octanol–water partition coefficient (Wildman–Crippen LogP) is 1.03. The molecule has 0 spiro atoms. The number of halogens is 1. The highest BCUT2D eigenvalue weighted by atomic mass is 32.1. The summed E-state index contributed by atoms with van der Waals surface area (Å²) in [7, 11) is 0. The summed E-state index contributed by atoms with van der Waals surface area (Å²) in [5.74, 6) is -0.386. The van der Waals surface area contributed by atoms with E-state index in [4.69, 9.17) is 18.0 Å². The lowest BCUT2D eigenvalue weighted by molar-refractivity contribution is 0.175. The zero-order chi connectivity index (χ0) is 12.4. The third kappa shape index (κ3) is 3.00. The minimum atomic E-state index is -0.386. The zero-order valence-electron chi connectivity index (χ0n) is 9.40. The van der Waals surface area contributed by atoms with Crippen LogP contribution in [0.3, 0.4) is 0 Å². The summed E-state index contributed by atoms with van der Waals surface area (Å²) in [5.41, 5.74) is 6.70. The number of hydrogen-bond donors (Lipinski definition) is 2. The van der Waals surface area contributed by atoms with Gasteiger partial charge in [0.15, 0.2) is 0 Å². The lowest BCUT2D eigenvalue weighted by Gasteiger charge is -2.15. The number of nitrogens with zero attached hydrogens (tertiary/aromatic N) is 1. The fourth-order valence-electron chi connectivity index (χ4n) is 2.07. The lowest BCUT2D eigenvalue weighted by Crippen LogP contribution is -2.22. The molecule has 1 aliphatic heterocycles. The van der Waals surface area contributed by atoms with Gasteiger partial charge in [-0.25, -0.2) is 4.39 Å². The first-order valence-corrected chi connectivity index (χ1v) is 5.95. The Balaban J connectivity index is 2.11. The molecule has 0 saturated carbocycles. The Labute approximate surface area is 105 Å². The minimum Gasteiger partial charge on any atom is -0.392 e. The van der Waals surface area contributed by atoms with Crippen molar-refractivity contribution in [3.8, 4) is 0 Å². The Morgan fingerprint density at radius 1 is 1.59 bits per heavy atom. The van der Waals surface area contributed by atoms with E-state index >= 15 is 0 Å². The van der Waals surface area contributed by atoms with E-state index in [1.807, 2.05) is 0 Å². The van der Waals surface area contributed by atoms with Gasteiger partial charge in [0.05, 0.1) is 6.10 Å². The molecule has 0 aliphatic carbocycles. The Morgan fingerprint density at radius 3 is 2.94 bits per heavy atom. The van der Waals surface area contributed by atoms with Crippen molar-refractivity contribution in [3.05, 3.63) is 35.1 Å². The maximum absolute atomic E-state index is 13.4. The molecule has 1 fully saturated rings. The van der Waals surface area contributed by atoms with Gasteiger partial charge in [-0.05, 0) is 24.1 Å². The number of hydrogen-bond acceptors (Lipinski definition) is 3. The number of nitrogens with two attached hydrogens (primary N) is 1. The summed E-state index contributed by atoms with van der Waals surface area (Å²) >= 11 is 4.79. The van der Waals surface area contributed by atoms with E-state index in [-0.39, 0.29) is 22.5 Å². The monoisotopic (exact) mass is 254 g/mol. The van der Waals surface area contributed by atoms with Crippen LogP contribution in [-0.2, 0) is 6.54 Å². The van der Waals surface area contributed by atoms with Crippen LogP contribution >= 0.6 is 12.2 Å². The maximum Gasteiger partial charge on any atom is 0.133 e. The van der Waals surface area contributed by atoms with E-state index in [1.165, 1.54) is 6.07 Å². The third-order valence-corrected chi connectivity index (χ3v) is 3.17. The van der Waals surface area contributed by atoms with Gasteiger partial charge < -0.3 is 10.8 Å². The van der Waals surface area contributed by atoms with Crippen LogP contribution in [-0.4, -0.2) is 34.2 Å². The van der Waals surface area contributed by atoms with E-state index in [2.05, 4.69) is 4.90 Å². The summed E-state index contributed by atoms with van der Waals surface area (Å²) in [4.78, 5) is 2.20. The van der Waals surface area contributed by atoms with Gasteiger partial charge in [0.25, 0.3) is 0 Å². The predicted molar refractivity (Wildman–Crippen MR) is 68.2 cm³/mol. The van der Waals surface area contributed by atoms with Crippen LogP contribution in [0.2, 0.25) is 0 Å². The molecule has 1 aliphatic rings. The third-order valence-electron chi connectivity index (χ3n) is 2.95. The first-order valence-electron chi connectivity index (χ1n) is 5.55. The van der Waals surface area contributed by atoms with Crippen molar-refractivity contribution in [1.82, 2.24) is 4.90 Å². The van der Waals surface area contributed by atoms with Crippen molar-refractivity contribution in [2.75, 3.05) is 13.1 Å².